The van der Waals surface area contributed by atoms with Gasteiger partial charge in [0, 0.05) is 18.6 Å². The lowest BCUT2D eigenvalue weighted by atomic mass is 10.2. The van der Waals surface area contributed by atoms with Gasteiger partial charge in [0.1, 0.15) is 0 Å². The zero-order valence-corrected chi connectivity index (χ0v) is 12.3. The summed E-state index contributed by atoms with van der Waals surface area (Å²) in [7, 11) is 2.19. The van der Waals surface area contributed by atoms with Gasteiger partial charge in [0.25, 0.3) is 0 Å². The maximum Gasteiger partial charge on any atom is 0.188 e. The van der Waals surface area contributed by atoms with Gasteiger partial charge in [-0.15, -0.1) is 0 Å². The van der Waals surface area contributed by atoms with Gasteiger partial charge in [0.2, 0.25) is 0 Å². The first kappa shape index (κ1) is 15.3. The Morgan fingerprint density at radius 3 is 2.72 bits per heavy atom. The normalized spacial score (nSPS) is 18.1. The quantitative estimate of drug-likeness (QED) is 0.376. The van der Waals surface area contributed by atoms with Crippen LogP contribution < -0.4 is 11.1 Å². The maximum atomic E-state index is 5.85. The van der Waals surface area contributed by atoms with E-state index in [4.69, 9.17) is 5.73 Å². The minimum Gasteiger partial charge on any atom is -0.370 e. The van der Waals surface area contributed by atoms with Crippen LogP contribution in [0, 0.1) is 0 Å². The molecule has 0 saturated heterocycles. The summed E-state index contributed by atoms with van der Waals surface area (Å²) in [5.41, 5.74) is 5.85. The van der Waals surface area contributed by atoms with E-state index in [2.05, 4.69) is 36.1 Å². The van der Waals surface area contributed by atoms with E-state index in [-0.39, 0.29) is 0 Å². The summed E-state index contributed by atoms with van der Waals surface area (Å²) in [4.78, 5) is 6.83. The van der Waals surface area contributed by atoms with Crippen LogP contribution >= 0.6 is 0 Å². The van der Waals surface area contributed by atoms with E-state index >= 15 is 0 Å². The zero-order chi connectivity index (χ0) is 13.4. The Balaban J connectivity index is 2.08. The average molecular weight is 254 g/mol. The van der Waals surface area contributed by atoms with Gasteiger partial charge in [-0.3, -0.25) is 9.89 Å². The van der Waals surface area contributed by atoms with E-state index in [1.165, 1.54) is 38.5 Å². The molecule has 18 heavy (non-hydrogen) atoms. The number of hydrogen-bond donors (Lipinski definition) is 2. The number of likely N-dealkylation sites (N-methyl/N-ethyl adjacent to an activating group) is 1. The molecule has 0 aromatic heterocycles. The number of aliphatic imine (C=N–C) groups is 1. The van der Waals surface area contributed by atoms with Crippen molar-refractivity contribution in [3.05, 3.63) is 0 Å². The molecule has 0 radical (unpaired) electrons. The molecule has 0 heterocycles. The predicted octanol–water partition coefficient (Wildman–Crippen LogP) is 1.95. The predicted molar refractivity (Wildman–Crippen MR) is 78.9 cm³/mol. The van der Waals surface area contributed by atoms with Gasteiger partial charge >= 0.3 is 0 Å². The number of guanidine groups is 1. The Kier molecular flexibility index (Phi) is 7.09. The fourth-order valence-corrected chi connectivity index (χ4v) is 2.03. The van der Waals surface area contributed by atoms with Crippen LogP contribution in [0.25, 0.3) is 0 Å². The van der Waals surface area contributed by atoms with Crippen molar-refractivity contribution in [3.63, 3.8) is 0 Å². The third-order valence-electron chi connectivity index (χ3n) is 3.68. The summed E-state index contributed by atoms with van der Waals surface area (Å²) in [5.74, 6) is 0.600. The first-order valence-corrected chi connectivity index (χ1v) is 7.40. The molecule has 1 aliphatic rings. The van der Waals surface area contributed by atoms with Gasteiger partial charge in [0.15, 0.2) is 5.96 Å². The molecule has 106 valence electrons. The van der Waals surface area contributed by atoms with Gasteiger partial charge < -0.3 is 11.1 Å². The van der Waals surface area contributed by atoms with Crippen molar-refractivity contribution in [3.8, 4) is 0 Å². The lowest BCUT2D eigenvalue weighted by molar-refractivity contribution is 0.253. The zero-order valence-electron chi connectivity index (χ0n) is 12.3. The fraction of sp³-hybridized carbons (Fsp3) is 0.929. The topological polar surface area (TPSA) is 53.6 Å². The monoisotopic (exact) mass is 254 g/mol. The molecule has 4 nitrogen and oxygen atoms in total. The van der Waals surface area contributed by atoms with Crippen LogP contribution in [0.2, 0.25) is 0 Å². The van der Waals surface area contributed by atoms with E-state index in [1.54, 1.807) is 0 Å². The minimum absolute atomic E-state index is 0.484. The molecule has 1 saturated carbocycles. The van der Waals surface area contributed by atoms with Crippen LogP contribution in [-0.4, -0.2) is 43.1 Å². The summed E-state index contributed by atoms with van der Waals surface area (Å²) >= 11 is 0. The highest BCUT2D eigenvalue weighted by molar-refractivity contribution is 5.77. The van der Waals surface area contributed by atoms with E-state index in [0.717, 1.165) is 19.1 Å². The van der Waals surface area contributed by atoms with Crippen molar-refractivity contribution in [1.29, 1.82) is 0 Å². The highest BCUT2D eigenvalue weighted by Gasteiger charge is 2.28. The molecule has 3 N–H and O–H groups in total. The highest BCUT2D eigenvalue weighted by Crippen LogP contribution is 2.26. The molecular weight excluding hydrogens is 224 g/mol. The molecule has 1 rings (SSSR count). The fourth-order valence-electron chi connectivity index (χ4n) is 2.03. The molecule has 0 aromatic rings. The summed E-state index contributed by atoms with van der Waals surface area (Å²) in [5, 5.41) is 3.19. The van der Waals surface area contributed by atoms with Gasteiger partial charge in [-0.25, -0.2) is 0 Å². The van der Waals surface area contributed by atoms with Crippen molar-refractivity contribution in [2.24, 2.45) is 10.7 Å². The number of nitrogens with one attached hydrogen (secondary N) is 1. The second-order valence-electron chi connectivity index (χ2n) is 5.46. The summed E-state index contributed by atoms with van der Waals surface area (Å²) in [6.45, 7) is 6.18. The number of nitrogens with two attached hydrogens (primary N) is 1. The molecule has 0 bridgehead atoms. The Hall–Kier alpha value is -0.770. The second kappa shape index (κ2) is 8.35. The van der Waals surface area contributed by atoms with Crippen LogP contribution in [-0.2, 0) is 0 Å². The van der Waals surface area contributed by atoms with Crippen molar-refractivity contribution < 1.29 is 0 Å². The van der Waals surface area contributed by atoms with Crippen LogP contribution in [0.5, 0.6) is 0 Å². The van der Waals surface area contributed by atoms with E-state index in [0.29, 0.717) is 12.0 Å². The van der Waals surface area contributed by atoms with E-state index < -0.39 is 0 Å². The maximum absolute atomic E-state index is 5.85. The SMILES string of the molecule is CCCCCCNC(N)=NCC(C)N(C)C1CC1. The molecule has 0 aromatic carbocycles. The first-order chi connectivity index (χ1) is 8.65. The number of nitrogens with zero attached hydrogens (tertiary/aromatic N) is 2. The number of unbranched alkanes of at least 4 members (excludes halogenated alkanes) is 3. The van der Waals surface area contributed by atoms with Crippen LogP contribution in [0.4, 0.5) is 0 Å². The van der Waals surface area contributed by atoms with Gasteiger partial charge in [0.05, 0.1) is 6.54 Å². The molecule has 0 spiro atoms. The average Bonchev–Trinajstić information content (AvgIpc) is 3.19. The molecule has 0 amide bonds. The van der Waals surface area contributed by atoms with Crippen molar-refractivity contribution >= 4 is 5.96 Å². The third kappa shape index (κ3) is 6.24. The molecule has 1 atom stereocenters. The van der Waals surface area contributed by atoms with E-state index in [1.807, 2.05) is 0 Å². The molecule has 1 unspecified atom stereocenters. The van der Waals surface area contributed by atoms with Gasteiger partial charge in [-0.05, 0) is 33.2 Å². The van der Waals surface area contributed by atoms with Crippen LogP contribution in [0.15, 0.2) is 4.99 Å². The van der Waals surface area contributed by atoms with Gasteiger partial charge in [-0.1, -0.05) is 26.2 Å². The van der Waals surface area contributed by atoms with Crippen molar-refractivity contribution in [2.45, 2.75) is 64.5 Å². The molecular formula is C14H30N4. The Labute approximate surface area is 112 Å². The van der Waals surface area contributed by atoms with Crippen LogP contribution in [0.1, 0.15) is 52.4 Å². The summed E-state index contributed by atoms with van der Waals surface area (Å²) in [6, 6.07) is 1.27. The Morgan fingerprint density at radius 2 is 2.11 bits per heavy atom. The molecule has 4 heteroatoms. The Bertz CT molecular complexity index is 248. The molecule has 1 aliphatic carbocycles. The summed E-state index contributed by atoms with van der Waals surface area (Å²) < 4.78 is 0. The van der Waals surface area contributed by atoms with Crippen LogP contribution in [0.3, 0.4) is 0 Å². The molecule has 0 aliphatic heterocycles. The van der Waals surface area contributed by atoms with Crippen molar-refractivity contribution in [1.82, 2.24) is 10.2 Å². The largest absolute Gasteiger partial charge is 0.370 e. The standard InChI is InChI=1S/C14H30N4/c1-4-5-6-7-10-16-14(15)17-11-12(2)18(3)13-8-9-13/h12-13H,4-11H2,1-3H3,(H3,15,16,17). The van der Waals surface area contributed by atoms with Gasteiger partial charge in [-0.2, -0.15) is 0 Å². The smallest absolute Gasteiger partial charge is 0.188 e. The molecule has 1 fully saturated rings. The number of rotatable bonds is 9. The lowest BCUT2D eigenvalue weighted by Crippen LogP contribution is -2.37. The lowest BCUT2D eigenvalue weighted by Gasteiger charge is -2.22. The third-order valence-corrected chi connectivity index (χ3v) is 3.68. The Morgan fingerprint density at radius 1 is 1.39 bits per heavy atom. The first-order valence-electron chi connectivity index (χ1n) is 7.40. The number of hydrogen-bond acceptors (Lipinski definition) is 2. The second-order valence-corrected chi connectivity index (χ2v) is 5.46. The van der Waals surface area contributed by atoms with E-state index in [9.17, 15) is 0 Å². The van der Waals surface area contributed by atoms with Crippen molar-refractivity contribution in [2.75, 3.05) is 20.1 Å². The minimum atomic E-state index is 0.484. The highest BCUT2D eigenvalue weighted by atomic mass is 15.2. The summed E-state index contributed by atoms with van der Waals surface area (Å²) in [6.07, 6.45) is 7.72.